The van der Waals surface area contributed by atoms with Crippen LogP contribution in [-0.2, 0) is 22.5 Å². The Labute approximate surface area is 135 Å². The van der Waals surface area contributed by atoms with Gasteiger partial charge in [0.05, 0.1) is 6.54 Å². The van der Waals surface area contributed by atoms with E-state index in [0.717, 1.165) is 41.8 Å². The topological polar surface area (TPSA) is 55.6 Å². The Kier molecular flexibility index (Phi) is 3.87. The molecule has 5 heteroatoms. The summed E-state index contributed by atoms with van der Waals surface area (Å²) in [4.78, 5) is 14.7. The lowest BCUT2D eigenvalue weighted by Crippen LogP contribution is -2.41. The van der Waals surface area contributed by atoms with Crippen molar-refractivity contribution >= 4 is 5.91 Å². The predicted octanol–water partition coefficient (Wildman–Crippen LogP) is 2.65. The standard InChI is InChI=1S/C18H20N2O3/c21-18(14-7-10-22-11-8-14)20-9-6-16-15(12-20)17(19-23-16)13-4-2-1-3-5-13/h1-5,14H,6-12H2. The van der Waals surface area contributed by atoms with Crippen LogP contribution in [-0.4, -0.2) is 35.7 Å². The van der Waals surface area contributed by atoms with Gasteiger partial charge in [-0.05, 0) is 12.8 Å². The number of hydrogen-bond donors (Lipinski definition) is 0. The Hall–Kier alpha value is -2.14. The summed E-state index contributed by atoms with van der Waals surface area (Å²) in [6.07, 6.45) is 2.40. The maximum absolute atomic E-state index is 12.8. The monoisotopic (exact) mass is 312 g/mol. The quantitative estimate of drug-likeness (QED) is 0.855. The molecule has 0 bridgehead atoms. The summed E-state index contributed by atoms with van der Waals surface area (Å²) in [5, 5.41) is 4.24. The Morgan fingerprint density at radius 2 is 1.96 bits per heavy atom. The lowest BCUT2D eigenvalue weighted by Gasteiger charge is -2.31. The Morgan fingerprint density at radius 1 is 1.17 bits per heavy atom. The molecule has 5 nitrogen and oxygen atoms in total. The van der Waals surface area contributed by atoms with Gasteiger partial charge in [-0.2, -0.15) is 0 Å². The number of ether oxygens (including phenoxy) is 1. The number of carbonyl (C=O) groups excluding carboxylic acids is 1. The third-order valence-electron chi connectivity index (χ3n) is 4.76. The molecule has 0 saturated carbocycles. The van der Waals surface area contributed by atoms with Gasteiger partial charge in [0, 0.05) is 43.2 Å². The third-order valence-corrected chi connectivity index (χ3v) is 4.76. The first kappa shape index (κ1) is 14.5. The van der Waals surface area contributed by atoms with E-state index < -0.39 is 0 Å². The molecule has 2 aliphatic heterocycles. The van der Waals surface area contributed by atoms with Crippen molar-refractivity contribution in [3.05, 3.63) is 41.7 Å². The van der Waals surface area contributed by atoms with Gasteiger partial charge in [0.25, 0.3) is 0 Å². The SMILES string of the molecule is O=C(C1CCOCC1)N1CCc2onc(-c3ccccc3)c2C1. The summed E-state index contributed by atoms with van der Waals surface area (Å²) in [5.74, 6) is 1.27. The van der Waals surface area contributed by atoms with Gasteiger partial charge in [0.1, 0.15) is 11.5 Å². The molecular weight excluding hydrogens is 292 g/mol. The average molecular weight is 312 g/mol. The van der Waals surface area contributed by atoms with Crippen LogP contribution in [0, 0.1) is 5.92 Å². The van der Waals surface area contributed by atoms with Gasteiger partial charge < -0.3 is 14.2 Å². The van der Waals surface area contributed by atoms with Gasteiger partial charge in [-0.15, -0.1) is 0 Å². The van der Waals surface area contributed by atoms with E-state index in [1.165, 1.54) is 0 Å². The summed E-state index contributed by atoms with van der Waals surface area (Å²) in [6, 6.07) is 10.0. The van der Waals surface area contributed by atoms with E-state index in [1.807, 2.05) is 35.2 Å². The number of hydrogen-bond acceptors (Lipinski definition) is 4. The molecule has 3 heterocycles. The van der Waals surface area contributed by atoms with Crippen LogP contribution in [0.1, 0.15) is 24.2 Å². The minimum Gasteiger partial charge on any atom is -0.381 e. The van der Waals surface area contributed by atoms with E-state index in [9.17, 15) is 4.79 Å². The van der Waals surface area contributed by atoms with Crippen molar-refractivity contribution in [2.75, 3.05) is 19.8 Å². The number of benzene rings is 1. The molecule has 1 aromatic carbocycles. The lowest BCUT2D eigenvalue weighted by molar-refractivity contribution is -0.139. The number of carbonyl (C=O) groups is 1. The average Bonchev–Trinajstić information content (AvgIpc) is 3.05. The fourth-order valence-corrected chi connectivity index (χ4v) is 3.42. The van der Waals surface area contributed by atoms with Crippen LogP contribution in [0.4, 0.5) is 0 Å². The lowest BCUT2D eigenvalue weighted by atomic mass is 9.96. The zero-order valence-electron chi connectivity index (χ0n) is 13.0. The molecular formula is C18H20N2O3. The predicted molar refractivity (Wildman–Crippen MR) is 84.6 cm³/mol. The van der Waals surface area contributed by atoms with Crippen LogP contribution < -0.4 is 0 Å². The minimum atomic E-state index is 0.102. The third kappa shape index (κ3) is 2.77. The summed E-state index contributed by atoms with van der Waals surface area (Å²) < 4.78 is 10.9. The van der Waals surface area contributed by atoms with Gasteiger partial charge >= 0.3 is 0 Å². The first-order chi connectivity index (χ1) is 11.3. The van der Waals surface area contributed by atoms with E-state index in [0.29, 0.717) is 26.3 Å². The second-order valence-electron chi connectivity index (χ2n) is 6.20. The molecule has 0 unspecified atom stereocenters. The van der Waals surface area contributed by atoms with Gasteiger partial charge in [-0.1, -0.05) is 35.5 Å². The van der Waals surface area contributed by atoms with E-state index in [1.54, 1.807) is 0 Å². The highest BCUT2D eigenvalue weighted by Crippen LogP contribution is 2.31. The molecule has 1 amide bonds. The van der Waals surface area contributed by atoms with Crippen LogP contribution in [0.15, 0.2) is 34.9 Å². The summed E-state index contributed by atoms with van der Waals surface area (Å²) in [7, 11) is 0. The minimum absolute atomic E-state index is 0.102. The largest absolute Gasteiger partial charge is 0.381 e. The zero-order valence-corrected chi connectivity index (χ0v) is 13.0. The van der Waals surface area contributed by atoms with E-state index in [-0.39, 0.29) is 11.8 Å². The van der Waals surface area contributed by atoms with Crippen molar-refractivity contribution in [2.24, 2.45) is 5.92 Å². The molecule has 0 radical (unpaired) electrons. The van der Waals surface area contributed by atoms with Crippen molar-refractivity contribution in [1.29, 1.82) is 0 Å². The highest BCUT2D eigenvalue weighted by Gasteiger charge is 2.31. The maximum atomic E-state index is 12.8. The molecule has 1 fully saturated rings. The zero-order chi connectivity index (χ0) is 15.6. The van der Waals surface area contributed by atoms with Crippen LogP contribution in [0.5, 0.6) is 0 Å². The Balaban J connectivity index is 1.56. The molecule has 0 aliphatic carbocycles. The summed E-state index contributed by atoms with van der Waals surface area (Å²) in [5.41, 5.74) is 2.96. The van der Waals surface area contributed by atoms with Gasteiger partial charge in [0.2, 0.25) is 5.91 Å². The number of fused-ring (bicyclic) bond motifs is 1. The van der Waals surface area contributed by atoms with Gasteiger partial charge in [-0.25, -0.2) is 0 Å². The Bertz CT molecular complexity index is 690. The van der Waals surface area contributed by atoms with Crippen molar-refractivity contribution in [1.82, 2.24) is 10.1 Å². The van der Waals surface area contributed by atoms with E-state index >= 15 is 0 Å². The van der Waals surface area contributed by atoms with Crippen LogP contribution in [0.3, 0.4) is 0 Å². The normalized spacial score (nSPS) is 18.7. The van der Waals surface area contributed by atoms with E-state index in [4.69, 9.17) is 9.26 Å². The fourth-order valence-electron chi connectivity index (χ4n) is 3.42. The smallest absolute Gasteiger partial charge is 0.226 e. The molecule has 2 aliphatic rings. The molecule has 0 spiro atoms. The fraction of sp³-hybridized carbons (Fsp3) is 0.444. The number of nitrogens with zero attached hydrogens (tertiary/aromatic N) is 2. The van der Waals surface area contributed by atoms with E-state index in [2.05, 4.69) is 5.16 Å². The highest BCUT2D eigenvalue weighted by molar-refractivity contribution is 5.79. The first-order valence-electron chi connectivity index (χ1n) is 8.22. The van der Waals surface area contributed by atoms with Crippen LogP contribution >= 0.6 is 0 Å². The molecule has 4 rings (SSSR count). The molecule has 0 atom stereocenters. The second-order valence-corrected chi connectivity index (χ2v) is 6.20. The summed E-state index contributed by atoms with van der Waals surface area (Å²) >= 11 is 0. The highest BCUT2D eigenvalue weighted by atomic mass is 16.5. The van der Waals surface area contributed by atoms with Crippen LogP contribution in [0.25, 0.3) is 11.3 Å². The summed E-state index contributed by atoms with van der Waals surface area (Å²) in [6.45, 7) is 2.70. The number of aromatic nitrogens is 1. The van der Waals surface area contributed by atoms with Crippen molar-refractivity contribution in [3.8, 4) is 11.3 Å². The van der Waals surface area contributed by atoms with Crippen molar-refractivity contribution < 1.29 is 14.1 Å². The molecule has 1 aromatic heterocycles. The molecule has 2 aromatic rings. The number of amides is 1. The Morgan fingerprint density at radius 3 is 2.74 bits per heavy atom. The van der Waals surface area contributed by atoms with Crippen molar-refractivity contribution in [3.63, 3.8) is 0 Å². The molecule has 0 N–H and O–H groups in total. The maximum Gasteiger partial charge on any atom is 0.226 e. The molecule has 1 saturated heterocycles. The van der Waals surface area contributed by atoms with Crippen molar-refractivity contribution in [2.45, 2.75) is 25.8 Å². The molecule has 120 valence electrons. The molecule has 23 heavy (non-hydrogen) atoms. The van der Waals surface area contributed by atoms with Gasteiger partial charge in [-0.3, -0.25) is 4.79 Å². The van der Waals surface area contributed by atoms with Gasteiger partial charge in [0.15, 0.2) is 0 Å². The van der Waals surface area contributed by atoms with Crippen LogP contribution in [0.2, 0.25) is 0 Å². The first-order valence-corrected chi connectivity index (χ1v) is 8.22. The second kappa shape index (κ2) is 6.16. The number of rotatable bonds is 2.